The van der Waals surface area contributed by atoms with Crippen LogP contribution in [0, 0.1) is 0 Å². The van der Waals surface area contributed by atoms with E-state index in [2.05, 4.69) is 15.6 Å². The average Bonchev–Trinajstić information content (AvgIpc) is 2.66. The molecule has 1 aliphatic rings. The molecule has 8 nitrogen and oxygen atoms in total. The van der Waals surface area contributed by atoms with Gasteiger partial charge < -0.3 is 10.1 Å². The molecule has 0 spiro atoms. The minimum Gasteiger partial charge on any atom is -0.491 e. The third-order valence-corrected chi connectivity index (χ3v) is 5.32. The van der Waals surface area contributed by atoms with Crippen molar-refractivity contribution in [2.75, 3.05) is 5.32 Å². The van der Waals surface area contributed by atoms with Crippen LogP contribution in [0.2, 0.25) is 0 Å². The molecular formula is C19H21N3O5S. The number of amides is 2. The number of aryl methyl sites for hydroxylation is 1. The molecule has 0 fully saturated rings. The summed E-state index contributed by atoms with van der Waals surface area (Å²) in [5.74, 6) is -0.0727. The summed E-state index contributed by atoms with van der Waals surface area (Å²) in [6.45, 7) is 3.79. The molecule has 0 saturated carbocycles. The summed E-state index contributed by atoms with van der Waals surface area (Å²) in [6, 6.07) is 10.8. The highest BCUT2D eigenvalue weighted by atomic mass is 32.2. The number of fused-ring (bicyclic) bond motifs is 1. The molecule has 2 aromatic carbocycles. The molecule has 0 saturated heterocycles. The van der Waals surface area contributed by atoms with Gasteiger partial charge in [-0.25, -0.2) is 8.42 Å². The zero-order valence-corrected chi connectivity index (χ0v) is 16.3. The number of benzene rings is 2. The van der Waals surface area contributed by atoms with Crippen LogP contribution < -0.4 is 20.3 Å². The second kappa shape index (κ2) is 7.99. The van der Waals surface area contributed by atoms with E-state index in [4.69, 9.17) is 4.74 Å². The van der Waals surface area contributed by atoms with Gasteiger partial charge in [0.25, 0.3) is 15.9 Å². The molecule has 3 rings (SSSR count). The SMILES string of the molecule is CC(C)Oc1ccc(C(=O)NNS(=O)(=O)c2ccc3c(c2)CCC(=O)N3)cc1. The molecule has 148 valence electrons. The molecule has 0 unspecified atom stereocenters. The van der Waals surface area contributed by atoms with Crippen molar-refractivity contribution in [2.45, 2.75) is 37.7 Å². The molecule has 2 aromatic rings. The monoisotopic (exact) mass is 403 g/mol. The van der Waals surface area contributed by atoms with Crippen LogP contribution in [0.15, 0.2) is 47.4 Å². The Hall–Kier alpha value is -2.91. The molecular weight excluding hydrogens is 382 g/mol. The molecule has 2 amide bonds. The highest BCUT2D eigenvalue weighted by molar-refractivity contribution is 7.89. The third kappa shape index (κ3) is 4.68. The van der Waals surface area contributed by atoms with Gasteiger partial charge in [-0.1, -0.05) is 0 Å². The van der Waals surface area contributed by atoms with E-state index in [1.54, 1.807) is 24.3 Å². The summed E-state index contributed by atoms with van der Waals surface area (Å²) >= 11 is 0. The predicted octanol–water partition coefficient (Wildman–Crippen LogP) is 1.98. The number of sulfonamides is 1. The van der Waals surface area contributed by atoms with Gasteiger partial charge in [0.2, 0.25) is 5.91 Å². The van der Waals surface area contributed by atoms with E-state index in [0.29, 0.717) is 24.3 Å². The van der Waals surface area contributed by atoms with Gasteiger partial charge in [0.05, 0.1) is 11.0 Å². The molecule has 0 aliphatic carbocycles. The van der Waals surface area contributed by atoms with Crippen molar-refractivity contribution in [3.8, 4) is 5.75 Å². The summed E-state index contributed by atoms with van der Waals surface area (Å²) in [5, 5.41) is 2.69. The number of carbonyl (C=O) groups is 2. The maximum atomic E-state index is 12.5. The Labute approximate surface area is 163 Å². The standard InChI is InChI=1S/C19H21N3O5S/c1-12(2)27-15-6-3-13(4-7-15)19(24)21-22-28(25,26)16-8-9-17-14(11-16)5-10-18(23)20-17/h3-4,6-9,11-12,22H,5,10H2,1-2H3,(H,20,23)(H,21,24). The smallest absolute Gasteiger partial charge is 0.266 e. The number of anilines is 1. The average molecular weight is 403 g/mol. The Morgan fingerprint density at radius 1 is 1.11 bits per heavy atom. The minimum absolute atomic E-state index is 0.00313. The lowest BCUT2D eigenvalue weighted by molar-refractivity contribution is -0.116. The van der Waals surface area contributed by atoms with Crippen molar-refractivity contribution in [2.24, 2.45) is 0 Å². The Balaban J connectivity index is 1.66. The Kier molecular flexibility index (Phi) is 5.66. The van der Waals surface area contributed by atoms with Crippen molar-refractivity contribution in [3.05, 3.63) is 53.6 Å². The normalized spacial score (nSPS) is 13.6. The van der Waals surface area contributed by atoms with Crippen LogP contribution in [0.25, 0.3) is 0 Å². The number of nitrogens with one attached hydrogen (secondary N) is 3. The van der Waals surface area contributed by atoms with Crippen LogP contribution in [0.1, 0.15) is 36.2 Å². The number of hydrogen-bond donors (Lipinski definition) is 3. The molecule has 0 aromatic heterocycles. The van der Waals surface area contributed by atoms with Crippen LogP contribution in [0.4, 0.5) is 5.69 Å². The lowest BCUT2D eigenvalue weighted by Gasteiger charge is -2.17. The van der Waals surface area contributed by atoms with E-state index in [-0.39, 0.29) is 22.5 Å². The van der Waals surface area contributed by atoms with Gasteiger partial charge >= 0.3 is 0 Å². The first-order valence-corrected chi connectivity index (χ1v) is 10.2. The largest absolute Gasteiger partial charge is 0.491 e. The van der Waals surface area contributed by atoms with Gasteiger partial charge in [0.15, 0.2) is 0 Å². The zero-order valence-electron chi connectivity index (χ0n) is 15.5. The van der Waals surface area contributed by atoms with Crippen molar-refractivity contribution >= 4 is 27.5 Å². The number of hydrazine groups is 1. The van der Waals surface area contributed by atoms with Crippen molar-refractivity contribution < 1.29 is 22.7 Å². The van der Waals surface area contributed by atoms with Crippen LogP contribution >= 0.6 is 0 Å². The molecule has 0 atom stereocenters. The number of rotatable bonds is 6. The fourth-order valence-corrected chi connectivity index (χ4v) is 3.62. The molecule has 0 bridgehead atoms. The first kappa shape index (κ1) is 19.8. The summed E-state index contributed by atoms with van der Waals surface area (Å²) in [4.78, 5) is 25.7. The summed E-state index contributed by atoms with van der Waals surface area (Å²) in [7, 11) is -3.95. The lowest BCUT2D eigenvalue weighted by Crippen LogP contribution is -2.41. The van der Waals surface area contributed by atoms with Crippen LogP contribution in [-0.4, -0.2) is 26.3 Å². The lowest BCUT2D eigenvalue weighted by atomic mass is 10.0. The maximum Gasteiger partial charge on any atom is 0.266 e. The van der Waals surface area contributed by atoms with E-state index < -0.39 is 15.9 Å². The number of ether oxygens (including phenoxy) is 1. The van der Waals surface area contributed by atoms with E-state index >= 15 is 0 Å². The van der Waals surface area contributed by atoms with E-state index in [0.717, 1.165) is 5.56 Å². The summed E-state index contributed by atoms with van der Waals surface area (Å²) in [6.07, 6.45) is 0.773. The molecule has 3 N–H and O–H groups in total. The second-order valence-corrected chi connectivity index (χ2v) is 8.30. The summed E-state index contributed by atoms with van der Waals surface area (Å²) in [5.41, 5.74) is 3.81. The molecule has 28 heavy (non-hydrogen) atoms. The molecule has 0 radical (unpaired) electrons. The first-order valence-electron chi connectivity index (χ1n) is 8.76. The second-order valence-electron chi connectivity index (χ2n) is 6.62. The molecule has 1 aliphatic heterocycles. The van der Waals surface area contributed by atoms with Gasteiger partial charge in [-0.15, -0.1) is 4.83 Å². The third-order valence-electron chi connectivity index (χ3n) is 4.07. The fourth-order valence-electron chi connectivity index (χ4n) is 2.73. The van der Waals surface area contributed by atoms with Crippen LogP contribution in [0.3, 0.4) is 0 Å². The van der Waals surface area contributed by atoms with E-state index in [1.807, 2.05) is 13.8 Å². The van der Waals surface area contributed by atoms with E-state index in [1.165, 1.54) is 18.2 Å². The van der Waals surface area contributed by atoms with Crippen molar-refractivity contribution in [1.82, 2.24) is 10.3 Å². The van der Waals surface area contributed by atoms with E-state index in [9.17, 15) is 18.0 Å². The van der Waals surface area contributed by atoms with Gasteiger partial charge in [-0.05, 0) is 68.3 Å². The highest BCUT2D eigenvalue weighted by Gasteiger charge is 2.20. The van der Waals surface area contributed by atoms with Gasteiger partial charge in [0.1, 0.15) is 5.75 Å². The topological polar surface area (TPSA) is 114 Å². The van der Waals surface area contributed by atoms with Gasteiger partial charge in [0, 0.05) is 17.7 Å². The maximum absolute atomic E-state index is 12.5. The zero-order chi connectivity index (χ0) is 20.3. The Bertz CT molecular complexity index is 1000. The quantitative estimate of drug-likeness (QED) is 0.638. The Morgan fingerprint density at radius 2 is 1.82 bits per heavy atom. The van der Waals surface area contributed by atoms with Crippen molar-refractivity contribution in [3.63, 3.8) is 0 Å². The first-order chi connectivity index (χ1) is 13.2. The van der Waals surface area contributed by atoms with Gasteiger partial charge in [-0.2, -0.15) is 0 Å². The molecule has 9 heteroatoms. The Morgan fingerprint density at radius 3 is 2.50 bits per heavy atom. The highest BCUT2D eigenvalue weighted by Crippen LogP contribution is 2.25. The predicted molar refractivity (Wildman–Crippen MR) is 103 cm³/mol. The number of hydrogen-bond acceptors (Lipinski definition) is 5. The number of carbonyl (C=O) groups excluding carboxylic acids is 2. The summed E-state index contributed by atoms with van der Waals surface area (Å²) < 4.78 is 30.4. The minimum atomic E-state index is -3.95. The van der Waals surface area contributed by atoms with Crippen LogP contribution in [0.5, 0.6) is 5.75 Å². The fraction of sp³-hybridized carbons (Fsp3) is 0.263. The molecule has 1 heterocycles. The van der Waals surface area contributed by atoms with Crippen molar-refractivity contribution in [1.29, 1.82) is 0 Å². The van der Waals surface area contributed by atoms with Crippen LogP contribution in [-0.2, 0) is 21.2 Å². The van der Waals surface area contributed by atoms with Gasteiger partial charge in [-0.3, -0.25) is 15.0 Å².